The van der Waals surface area contributed by atoms with Gasteiger partial charge < -0.3 is 5.11 Å². The first-order valence-corrected chi connectivity index (χ1v) is 5.67. The van der Waals surface area contributed by atoms with Crippen LogP contribution in [0.2, 0.25) is 0 Å². The van der Waals surface area contributed by atoms with Crippen LogP contribution < -0.4 is 0 Å². The molecule has 1 unspecified atom stereocenters. The Morgan fingerprint density at radius 1 is 1.38 bits per heavy atom. The van der Waals surface area contributed by atoms with Crippen molar-refractivity contribution in [1.29, 1.82) is 0 Å². The first-order chi connectivity index (χ1) is 7.49. The number of halogens is 2. The van der Waals surface area contributed by atoms with E-state index in [0.29, 0.717) is 12.3 Å². The Hall–Kier alpha value is -0.960. The zero-order valence-corrected chi connectivity index (χ0v) is 9.34. The lowest BCUT2D eigenvalue weighted by Crippen LogP contribution is -2.29. The lowest BCUT2D eigenvalue weighted by atomic mass is 9.75. The second kappa shape index (κ2) is 4.13. The van der Waals surface area contributed by atoms with Gasteiger partial charge in [0.1, 0.15) is 11.6 Å². The molecule has 16 heavy (non-hydrogen) atoms. The molecule has 1 saturated carbocycles. The summed E-state index contributed by atoms with van der Waals surface area (Å²) in [6.45, 7) is 1.56. The number of rotatable bonds is 3. The van der Waals surface area contributed by atoms with Crippen molar-refractivity contribution >= 4 is 0 Å². The minimum atomic E-state index is -1.27. The van der Waals surface area contributed by atoms with E-state index in [1.807, 2.05) is 0 Å². The number of hydrogen-bond donors (Lipinski definition) is 1. The smallest absolute Gasteiger partial charge is 0.129 e. The molecule has 0 bridgehead atoms. The van der Waals surface area contributed by atoms with Crippen LogP contribution in [0.15, 0.2) is 18.2 Å². The van der Waals surface area contributed by atoms with Gasteiger partial charge in [0.05, 0.1) is 5.60 Å². The summed E-state index contributed by atoms with van der Waals surface area (Å²) in [7, 11) is 0. The summed E-state index contributed by atoms with van der Waals surface area (Å²) in [5.74, 6) is -0.603. The summed E-state index contributed by atoms with van der Waals surface area (Å²) in [5.41, 5.74) is -1.20. The van der Waals surface area contributed by atoms with E-state index in [-0.39, 0.29) is 5.56 Å². The summed E-state index contributed by atoms with van der Waals surface area (Å²) in [6.07, 6.45) is 3.83. The van der Waals surface area contributed by atoms with Crippen LogP contribution in [-0.2, 0) is 5.60 Å². The van der Waals surface area contributed by atoms with E-state index in [1.54, 1.807) is 6.92 Å². The minimum Gasteiger partial charge on any atom is -0.385 e. The van der Waals surface area contributed by atoms with Crippen LogP contribution in [0.1, 0.15) is 38.2 Å². The van der Waals surface area contributed by atoms with E-state index in [1.165, 1.54) is 6.42 Å². The zero-order chi connectivity index (χ0) is 11.8. The first kappa shape index (κ1) is 11.5. The van der Waals surface area contributed by atoms with E-state index in [0.717, 1.165) is 31.0 Å². The molecule has 0 amide bonds. The molecule has 3 heteroatoms. The topological polar surface area (TPSA) is 20.2 Å². The number of hydrogen-bond acceptors (Lipinski definition) is 1. The standard InChI is InChI=1S/C13H16F2O/c1-13(16,8-9-3-2-4-9)11-7-10(14)5-6-12(11)15/h5-7,9,16H,2-4,8H2,1H3. The van der Waals surface area contributed by atoms with Gasteiger partial charge in [-0.25, -0.2) is 8.78 Å². The van der Waals surface area contributed by atoms with Crippen LogP contribution in [0, 0.1) is 17.6 Å². The summed E-state index contributed by atoms with van der Waals surface area (Å²) in [5, 5.41) is 10.2. The molecule has 0 aromatic heterocycles. The molecule has 0 radical (unpaired) electrons. The molecule has 1 N–H and O–H groups in total. The average molecular weight is 226 g/mol. The van der Waals surface area contributed by atoms with Gasteiger partial charge in [0, 0.05) is 5.56 Å². The molecule has 0 aliphatic heterocycles. The highest BCUT2D eigenvalue weighted by Gasteiger charge is 2.32. The summed E-state index contributed by atoms with van der Waals surface area (Å²) in [4.78, 5) is 0. The van der Waals surface area contributed by atoms with Crippen molar-refractivity contribution in [2.75, 3.05) is 0 Å². The Morgan fingerprint density at radius 2 is 2.06 bits per heavy atom. The highest BCUT2D eigenvalue weighted by atomic mass is 19.1. The highest BCUT2D eigenvalue weighted by Crippen LogP contribution is 2.38. The van der Waals surface area contributed by atoms with Crippen molar-refractivity contribution in [3.63, 3.8) is 0 Å². The molecule has 0 spiro atoms. The van der Waals surface area contributed by atoms with Crippen molar-refractivity contribution in [1.82, 2.24) is 0 Å². The van der Waals surface area contributed by atoms with Crippen molar-refractivity contribution < 1.29 is 13.9 Å². The molecule has 1 atom stereocenters. The van der Waals surface area contributed by atoms with Gasteiger partial charge in [0.15, 0.2) is 0 Å². The predicted octanol–water partition coefficient (Wildman–Crippen LogP) is 3.36. The SMILES string of the molecule is CC(O)(CC1CCC1)c1cc(F)ccc1F. The van der Waals surface area contributed by atoms with E-state index < -0.39 is 17.2 Å². The highest BCUT2D eigenvalue weighted by molar-refractivity contribution is 5.24. The Balaban J connectivity index is 2.22. The van der Waals surface area contributed by atoms with E-state index in [9.17, 15) is 13.9 Å². The fourth-order valence-corrected chi connectivity index (χ4v) is 2.28. The van der Waals surface area contributed by atoms with E-state index in [4.69, 9.17) is 0 Å². The lowest BCUT2D eigenvalue weighted by molar-refractivity contribution is 0.0128. The first-order valence-electron chi connectivity index (χ1n) is 5.67. The third-order valence-electron chi connectivity index (χ3n) is 3.42. The maximum Gasteiger partial charge on any atom is 0.129 e. The molecule has 1 aromatic carbocycles. The molecule has 0 heterocycles. The summed E-state index contributed by atoms with van der Waals surface area (Å²) < 4.78 is 26.5. The van der Waals surface area contributed by atoms with Gasteiger partial charge in [0.25, 0.3) is 0 Å². The van der Waals surface area contributed by atoms with Gasteiger partial charge in [-0.05, 0) is 37.5 Å². The molecule has 1 fully saturated rings. The molecule has 88 valence electrons. The largest absolute Gasteiger partial charge is 0.385 e. The van der Waals surface area contributed by atoms with Gasteiger partial charge in [-0.15, -0.1) is 0 Å². The molecule has 1 nitrogen and oxygen atoms in total. The van der Waals surface area contributed by atoms with Crippen molar-refractivity contribution in [3.8, 4) is 0 Å². The van der Waals surface area contributed by atoms with Crippen molar-refractivity contribution in [3.05, 3.63) is 35.4 Å². The quantitative estimate of drug-likeness (QED) is 0.837. The monoisotopic (exact) mass is 226 g/mol. The third kappa shape index (κ3) is 2.24. The minimum absolute atomic E-state index is 0.0689. The van der Waals surface area contributed by atoms with Crippen LogP contribution in [0.3, 0.4) is 0 Å². The van der Waals surface area contributed by atoms with E-state index >= 15 is 0 Å². The fourth-order valence-electron chi connectivity index (χ4n) is 2.28. The van der Waals surface area contributed by atoms with Crippen LogP contribution in [-0.4, -0.2) is 5.11 Å². The molecule has 1 aromatic rings. The van der Waals surface area contributed by atoms with Gasteiger partial charge in [-0.2, -0.15) is 0 Å². The Labute approximate surface area is 94.1 Å². The predicted molar refractivity (Wildman–Crippen MR) is 57.9 cm³/mol. The summed E-state index contributed by atoms with van der Waals surface area (Å²) in [6, 6.07) is 3.23. The van der Waals surface area contributed by atoms with Gasteiger partial charge in [-0.1, -0.05) is 19.3 Å². The molecular formula is C13H16F2O. The fraction of sp³-hybridized carbons (Fsp3) is 0.538. The summed E-state index contributed by atoms with van der Waals surface area (Å²) >= 11 is 0. The van der Waals surface area contributed by atoms with Crippen LogP contribution >= 0.6 is 0 Å². The second-order valence-corrected chi connectivity index (χ2v) is 4.90. The maximum absolute atomic E-state index is 13.5. The molecule has 0 saturated heterocycles. The van der Waals surface area contributed by atoms with Crippen molar-refractivity contribution in [2.24, 2.45) is 5.92 Å². The average Bonchev–Trinajstić information content (AvgIpc) is 2.16. The zero-order valence-electron chi connectivity index (χ0n) is 9.34. The van der Waals surface area contributed by atoms with Gasteiger partial charge >= 0.3 is 0 Å². The van der Waals surface area contributed by atoms with Gasteiger partial charge in [0.2, 0.25) is 0 Å². The molecular weight excluding hydrogens is 210 g/mol. The van der Waals surface area contributed by atoms with Crippen LogP contribution in [0.25, 0.3) is 0 Å². The molecule has 1 aliphatic carbocycles. The van der Waals surface area contributed by atoms with Crippen molar-refractivity contribution in [2.45, 2.75) is 38.2 Å². The Bertz CT molecular complexity index is 384. The number of benzene rings is 1. The van der Waals surface area contributed by atoms with Crippen LogP contribution in [0.4, 0.5) is 8.78 Å². The Kier molecular flexibility index (Phi) is 2.98. The molecule has 1 aliphatic rings. The maximum atomic E-state index is 13.5. The van der Waals surface area contributed by atoms with E-state index in [2.05, 4.69) is 0 Å². The third-order valence-corrected chi connectivity index (χ3v) is 3.42. The normalized spacial score (nSPS) is 20.2. The van der Waals surface area contributed by atoms with Crippen LogP contribution in [0.5, 0.6) is 0 Å². The second-order valence-electron chi connectivity index (χ2n) is 4.90. The van der Waals surface area contributed by atoms with Gasteiger partial charge in [-0.3, -0.25) is 0 Å². The number of aliphatic hydroxyl groups is 1. The Morgan fingerprint density at radius 3 is 2.62 bits per heavy atom. The lowest BCUT2D eigenvalue weighted by Gasteiger charge is -2.33. The molecule has 2 rings (SSSR count).